The van der Waals surface area contributed by atoms with Gasteiger partial charge in [-0.1, -0.05) is 13.8 Å². The first-order valence-corrected chi connectivity index (χ1v) is 4.57. The molecular formula is C10H18O3S. The third-order valence-electron chi connectivity index (χ3n) is 2.91. The molecule has 0 saturated heterocycles. The molecule has 1 saturated carbocycles. The highest BCUT2D eigenvalue weighted by atomic mass is 32.1. The maximum Gasteiger partial charge on any atom is 0.309 e. The number of ether oxygens (including phenoxy) is 1. The average molecular weight is 218 g/mol. The van der Waals surface area contributed by atoms with E-state index in [0.717, 1.165) is 6.42 Å². The van der Waals surface area contributed by atoms with Crippen LogP contribution in [0.5, 0.6) is 0 Å². The molecule has 0 unspecified atom stereocenters. The molecule has 1 aliphatic carbocycles. The fourth-order valence-electron chi connectivity index (χ4n) is 1.79. The molecule has 0 aromatic heterocycles. The Morgan fingerprint density at radius 1 is 1.50 bits per heavy atom. The third kappa shape index (κ3) is 2.74. The van der Waals surface area contributed by atoms with E-state index in [2.05, 4.69) is 4.74 Å². The normalized spacial score (nSPS) is 25.1. The van der Waals surface area contributed by atoms with Gasteiger partial charge < -0.3 is 4.74 Å². The number of carbonyl (C=O) groups is 2. The summed E-state index contributed by atoms with van der Waals surface area (Å²) in [5.74, 6) is -0.327. The van der Waals surface area contributed by atoms with Crippen LogP contribution >= 0.6 is 13.5 Å². The zero-order valence-electron chi connectivity index (χ0n) is 8.92. The van der Waals surface area contributed by atoms with Crippen LogP contribution in [0.4, 0.5) is 0 Å². The molecule has 4 heteroatoms. The molecule has 0 radical (unpaired) electrons. The largest absolute Gasteiger partial charge is 0.469 e. The van der Waals surface area contributed by atoms with Crippen LogP contribution in [0.3, 0.4) is 0 Å². The lowest BCUT2D eigenvalue weighted by atomic mass is 9.68. The van der Waals surface area contributed by atoms with Crippen LogP contribution < -0.4 is 0 Å². The molecule has 1 aliphatic rings. The quantitative estimate of drug-likeness (QED) is 0.629. The second kappa shape index (κ2) is 4.82. The van der Waals surface area contributed by atoms with Crippen LogP contribution in [0.15, 0.2) is 0 Å². The fourth-order valence-corrected chi connectivity index (χ4v) is 1.79. The van der Waals surface area contributed by atoms with Crippen LogP contribution in [0.1, 0.15) is 33.1 Å². The van der Waals surface area contributed by atoms with Gasteiger partial charge in [0.2, 0.25) is 0 Å². The molecule has 1 rings (SSSR count). The average Bonchev–Trinajstić information content (AvgIpc) is 2.08. The van der Waals surface area contributed by atoms with Gasteiger partial charge in [-0.3, -0.25) is 9.59 Å². The number of rotatable bonds is 1. The predicted octanol–water partition coefficient (Wildman–Crippen LogP) is 1.67. The van der Waals surface area contributed by atoms with Crippen molar-refractivity contribution < 1.29 is 14.3 Å². The molecule has 0 aromatic rings. The number of methoxy groups -OCH3 is 1. The van der Waals surface area contributed by atoms with E-state index in [1.165, 1.54) is 7.11 Å². The van der Waals surface area contributed by atoms with E-state index in [-0.39, 0.29) is 36.6 Å². The topological polar surface area (TPSA) is 43.4 Å². The Labute approximate surface area is 91.6 Å². The zero-order valence-corrected chi connectivity index (χ0v) is 9.92. The van der Waals surface area contributed by atoms with Crippen LogP contribution in [-0.4, -0.2) is 18.9 Å². The number of carbonyl (C=O) groups excluding carboxylic acids is 2. The van der Waals surface area contributed by atoms with Crippen molar-refractivity contribution in [3.63, 3.8) is 0 Å². The monoisotopic (exact) mass is 218 g/mol. The van der Waals surface area contributed by atoms with Crippen molar-refractivity contribution in [2.24, 2.45) is 11.3 Å². The summed E-state index contributed by atoms with van der Waals surface area (Å²) in [7, 11) is 1.37. The lowest BCUT2D eigenvalue weighted by Crippen LogP contribution is -2.37. The van der Waals surface area contributed by atoms with Gasteiger partial charge in [0.1, 0.15) is 5.78 Å². The van der Waals surface area contributed by atoms with E-state index < -0.39 is 0 Å². The molecular weight excluding hydrogens is 200 g/mol. The molecule has 0 amide bonds. The van der Waals surface area contributed by atoms with E-state index in [1.807, 2.05) is 13.8 Å². The minimum Gasteiger partial charge on any atom is -0.469 e. The summed E-state index contributed by atoms with van der Waals surface area (Å²) in [6.07, 6.45) is 1.73. The van der Waals surface area contributed by atoms with Crippen molar-refractivity contribution in [1.29, 1.82) is 0 Å². The Morgan fingerprint density at radius 3 is 2.57 bits per heavy atom. The number of Topliss-reactive ketones (excluding diaryl/α,β-unsaturated/α-hetero) is 1. The Morgan fingerprint density at radius 2 is 2.07 bits per heavy atom. The van der Waals surface area contributed by atoms with E-state index in [1.54, 1.807) is 0 Å². The molecule has 0 N–H and O–H groups in total. The highest BCUT2D eigenvalue weighted by Gasteiger charge is 2.40. The van der Waals surface area contributed by atoms with Crippen LogP contribution in [0.25, 0.3) is 0 Å². The van der Waals surface area contributed by atoms with Gasteiger partial charge >= 0.3 is 5.97 Å². The van der Waals surface area contributed by atoms with Gasteiger partial charge in [-0.25, -0.2) is 0 Å². The van der Waals surface area contributed by atoms with Gasteiger partial charge in [0.05, 0.1) is 13.0 Å². The number of ketones is 1. The minimum absolute atomic E-state index is 0. The summed E-state index contributed by atoms with van der Waals surface area (Å²) in [5.41, 5.74) is -0.0962. The Bertz CT molecular complexity index is 236. The van der Waals surface area contributed by atoms with Crippen LogP contribution in [0.2, 0.25) is 0 Å². The molecule has 1 atom stereocenters. The first-order valence-electron chi connectivity index (χ1n) is 4.57. The maximum atomic E-state index is 11.4. The van der Waals surface area contributed by atoms with Gasteiger partial charge in [-0.15, -0.1) is 0 Å². The Hall–Kier alpha value is -0.510. The predicted molar refractivity (Wildman–Crippen MR) is 58.5 cm³/mol. The van der Waals surface area contributed by atoms with Crippen molar-refractivity contribution in [1.82, 2.24) is 0 Å². The highest BCUT2D eigenvalue weighted by molar-refractivity contribution is 7.59. The van der Waals surface area contributed by atoms with Gasteiger partial charge in [0, 0.05) is 12.8 Å². The second-order valence-corrected chi connectivity index (χ2v) is 4.31. The molecule has 14 heavy (non-hydrogen) atoms. The number of hydrogen-bond acceptors (Lipinski definition) is 3. The summed E-state index contributed by atoms with van der Waals surface area (Å²) < 4.78 is 4.68. The molecule has 3 nitrogen and oxygen atoms in total. The first-order chi connectivity index (χ1) is 5.97. The fraction of sp³-hybridized carbons (Fsp3) is 0.800. The second-order valence-electron chi connectivity index (χ2n) is 4.31. The molecule has 0 aliphatic heterocycles. The summed E-state index contributed by atoms with van der Waals surface area (Å²) in [6.45, 7) is 4.03. The standard InChI is InChI=1S/C10H16O3.H2S/c1-10(2)5-4-7(11)6-8(10)9(12)13-3;/h8H,4-6H2,1-3H3;1H2/t8-;/m1./s1. The minimum atomic E-state index is -0.252. The summed E-state index contributed by atoms with van der Waals surface area (Å²) in [5, 5.41) is 0. The number of esters is 1. The Balaban J connectivity index is 0.00000169. The SMILES string of the molecule is COC(=O)[C@H]1CC(=O)CCC1(C)C.S. The van der Waals surface area contributed by atoms with Crippen molar-refractivity contribution >= 4 is 25.2 Å². The molecule has 1 fully saturated rings. The van der Waals surface area contributed by atoms with Crippen molar-refractivity contribution in [2.75, 3.05) is 7.11 Å². The molecule has 82 valence electrons. The first kappa shape index (κ1) is 13.5. The lowest BCUT2D eigenvalue weighted by Gasteiger charge is -2.35. The molecule has 0 bridgehead atoms. The van der Waals surface area contributed by atoms with Crippen LogP contribution in [0, 0.1) is 11.3 Å². The summed E-state index contributed by atoms with van der Waals surface area (Å²) >= 11 is 0. The molecule has 0 spiro atoms. The van der Waals surface area contributed by atoms with E-state index in [0.29, 0.717) is 12.8 Å². The van der Waals surface area contributed by atoms with Gasteiger partial charge in [-0.2, -0.15) is 13.5 Å². The lowest BCUT2D eigenvalue weighted by molar-refractivity contribution is -0.154. The molecule has 0 heterocycles. The summed E-state index contributed by atoms with van der Waals surface area (Å²) in [4.78, 5) is 22.5. The highest BCUT2D eigenvalue weighted by Crippen LogP contribution is 2.39. The van der Waals surface area contributed by atoms with E-state index in [9.17, 15) is 9.59 Å². The summed E-state index contributed by atoms with van der Waals surface area (Å²) in [6, 6.07) is 0. The van der Waals surface area contributed by atoms with Gasteiger partial charge in [-0.05, 0) is 11.8 Å². The maximum absolute atomic E-state index is 11.4. The third-order valence-corrected chi connectivity index (χ3v) is 2.91. The smallest absolute Gasteiger partial charge is 0.309 e. The van der Waals surface area contributed by atoms with Crippen molar-refractivity contribution in [2.45, 2.75) is 33.1 Å². The Kier molecular flexibility index (Phi) is 4.65. The van der Waals surface area contributed by atoms with Crippen molar-refractivity contribution in [3.05, 3.63) is 0 Å². The molecule has 0 aromatic carbocycles. The zero-order chi connectivity index (χ0) is 10.1. The van der Waals surface area contributed by atoms with Gasteiger partial charge in [0.25, 0.3) is 0 Å². The van der Waals surface area contributed by atoms with Crippen molar-refractivity contribution in [3.8, 4) is 0 Å². The van der Waals surface area contributed by atoms with E-state index >= 15 is 0 Å². The van der Waals surface area contributed by atoms with Crippen LogP contribution in [-0.2, 0) is 14.3 Å². The van der Waals surface area contributed by atoms with E-state index in [4.69, 9.17) is 0 Å². The number of hydrogen-bond donors (Lipinski definition) is 0. The van der Waals surface area contributed by atoms with Gasteiger partial charge in [0.15, 0.2) is 0 Å².